The Labute approximate surface area is 93.0 Å². The molecule has 1 saturated heterocycles. The maximum atomic E-state index is 11.6. The molecule has 1 heterocycles. The molecule has 0 radical (unpaired) electrons. The summed E-state index contributed by atoms with van der Waals surface area (Å²) in [4.78, 5) is 11.6. The van der Waals surface area contributed by atoms with Crippen LogP contribution >= 0.6 is 0 Å². The van der Waals surface area contributed by atoms with Crippen LogP contribution in [0.15, 0.2) is 23.2 Å². The number of epoxide rings is 1. The van der Waals surface area contributed by atoms with Crippen LogP contribution < -0.4 is 0 Å². The van der Waals surface area contributed by atoms with Gasteiger partial charge in [0.2, 0.25) is 0 Å². The minimum absolute atomic E-state index is 0.00900. The van der Waals surface area contributed by atoms with Gasteiger partial charge in [-0.2, -0.15) is 0 Å². The molecule has 0 aromatic rings. The van der Waals surface area contributed by atoms with Gasteiger partial charge in [0.25, 0.3) is 0 Å². The van der Waals surface area contributed by atoms with E-state index in [0.29, 0.717) is 13.0 Å². The first kappa shape index (κ1) is 11.0. The van der Waals surface area contributed by atoms with Crippen molar-refractivity contribution in [2.45, 2.75) is 19.4 Å². The minimum Gasteiger partial charge on any atom is -0.512 e. The average Bonchev–Trinajstić information content (AvgIpc) is 3.03. The standard InChI is InChI=1S/C11H14O5/c1-6-2-7(12)3-9(10(6)13)11(14)16-5-8-4-15-8/h3,6,8,12-13H,2,4-5H2,1H3. The van der Waals surface area contributed by atoms with Gasteiger partial charge in [-0.05, 0) is 6.08 Å². The average molecular weight is 226 g/mol. The van der Waals surface area contributed by atoms with E-state index in [1.54, 1.807) is 6.92 Å². The highest BCUT2D eigenvalue weighted by atomic mass is 16.6. The van der Waals surface area contributed by atoms with Crippen molar-refractivity contribution in [3.05, 3.63) is 23.2 Å². The minimum atomic E-state index is -0.619. The molecule has 1 fully saturated rings. The van der Waals surface area contributed by atoms with Crippen LogP contribution in [-0.2, 0) is 14.3 Å². The Kier molecular flexibility index (Phi) is 2.87. The molecule has 16 heavy (non-hydrogen) atoms. The predicted octanol–water partition coefficient (Wildman–Crippen LogP) is 1.22. The third-order valence-corrected chi connectivity index (χ3v) is 2.59. The zero-order valence-electron chi connectivity index (χ0n) is 8.97. The molecule has 2 aliphatic rings. The first-order chi connectivity index (χ1) is 7.58. The molecule has 5 nitrogen and oxygen atoms in total. The molecule has 2 rings (SSSR count). The van der Waals surface area contributed by atoms with Crippen LogP contribution in [0.2, 0.25) is 0 Å². The van der Waals surface area contributed by atoms with Gasteiger partial charge >= 0.3 is 5.97 Å². The Morgan fingerprint density at radius 2 is 2.31 bits per heavy atom. The highest BCUT2D eigenvalue weighted by molar-refractivity contribution is 5.92. The summed E-state index contributed by atoms with van der Waals surface area (Å²) >= 11 is 0. The van der Waals surface area contributed by atoms with Gasteiger partial charge in [-0.25, -0.2) is 4.79 Å². The Morgan fingerprint density at radius 1 is 1.62 bits per heavy atom. The predicted molar refractivity (Wildman–Crippen MR) is 54.8 cm³/mol. The lowest BCUT2D eigenvalue weighted by atomic mass is 9.94. The highest BCUT2D eigenvalue weighted by Gasteiger charge is 2.28. The van der Waals surface area contributed by atoms with Crippen LogP contribution in [0.25, 0.3) is 0 Å². The van der Waals surface area contributed by atoms with E-state index in [9.17, 15) is 15.0 Å². The van der Waals surface area contributed by atoms with E-state index < -0.39 is 5.97 Å². The molecule has 0 saturated carbocycles. The Balaban J connectivity index is 2.04. The Morgan fingerprint density at radius 3 is 2.94 bits per heavy atom. The summed E-state index contributed by atoms with van der Waals surface area (Å²) in [5.74, 6) is -0.824. The molecule has 2 N–H and O–H groups in total. The van der Waals surface area contributed by atoms with Crippen molar-refractivity contribution in [2.24, 2.45) is 5.92 Å². The van der Waals surface area contributed by atoms with Gasteiger partial charge in [0.05, 0.1) is 12.4 Å². The van der Waals surface area contributed by atoms with Gasteiger partial charge in [-0.1, -0.05) is 6.92 Å². The number of aliphatic hydroxyl groups excluding tert-OH is 2. The lowest BCUT2D eigenvalue weighted by Gasteiger charge is -2.18. The maximum absolute atomic E-state index is 11.6. The molecule has 0 bridgehead atoms. The van der Waals surface area contributed by atoms with Crippen molar-refractivity contribution in [2.75, 3.05) is 13.2 Å². The van der Waals surface area contributed by atoms with Crippen LogP contribution in [0, 0.1) is 5.92 Å². The van der Waals surface area contributed by atoms with Crippen LogP contribution in [0.4, 0.5) is 0 Å². The van der Waals surface area contributed by atoms with E-state index in [1.807, 2.05) is 0 Å². The lowest BCUT2D eigenvalue weighted by molar-refractivity contribution is -0.139. The second-order valence-electron chi connectivity index (χ2n) is 4.09. The summed E-state index contributed by atoms with van der Waals surface area (Å²) in [6.07, 6.45) is 1.59. The highest BCUT2D eigenvalue weighted by Crippen LogP contribution is 2.27. The quantitative estimate of drug-likeness (QED) is 0.558. The molecule has 5 heteroatoms. The first-order valence-corrected chi connectivity index (χ1v) is 5.19. The number of carbonyl (C=O) groups excluding carboxylic acids is 1. The van der Waals surface area contributed by atoms with E-state index in [-0.39, 0.29) is 35.7 Å². The van der Waals surface area contributed by atoms with Gasteiger partial charge in [-0.15, -0.1) is 0 Å². The molecular weight excluding hydrogens is 212 g/mol. The molecule has 2 unspecified atom stereocenters. The fraction of sp³-hybridized carbons (Fsp3) is 0.545. The van der Waals surface area contributed by atoms with Crippen molar-refractivity contribution < 1.29 is 24.5 Å². The maximum Gasteiger partial charge on any atom is 0.341 e. The van der Waals surface area contributed by atoms with Gasteiger partial charge < -0.3 is 19.7 Å². The van der Waals surface area contributed by atoms with E-state index in [4.69, 9.17) is 9.47 Å². The van der Waals surface area contributed by atoms with Gasteiger partial charge in [0.1, 0.15) is 24.0 Å². The van der Waals surface area contributed by atoms with Gasteiger partial charge in [0.15, 0.2) is 0 Å². The molecule has 88 valence electrons. The SMILES string of the molecule is CC1CC(O)=CC(C(=O)OCC2CO2)=C1O. The number of aliphatic hydroxyl groups is 2. The van der Waals surface area contributed by atoms with Crippen molar-refractivity contribution in [3.8, 4) is 0 Å². The summed E-state index contributed by atoms with van der Waals surface area (Å²) in [6, 6.07) is 0. The van der Waals surface area contributed by atoms with Crippen molar-refractivity contribution in [1.29, 1.82) is 0 Å². The molecule has 1 aliphatic carbocycles. The number of carbonyl (C=O) groups is 1. The summed E-state index contributed by atoms with van der Waals surface area (Å²) in [6.45, 7) is 2.53. The fourth-order valence-corrected chi connectivity index (χ4v) is 1.55. The summed E-state index contributed by atoms with van der Waals surface area (Å²) < 4.78 is 9.83. The summed E-state index contributed by atoms with van der Waals surface area (Å²) in [7, 11) is 0. The Hall–Kier alpha value is -1.49. The number of hydrogen-bond donors (Lipinski definition) is 2. The van der Waals surface area contributed by atoms with Crippen LogP contribution in [-0.4, -0.2) is 35.5 Å². The van der Waals surface area contributed by atoms with Crippen LogP contribution in [0.3, 0.4) is 0 Å². The summed E-state index contributed by atoms with van der Waals surface area (Å²) in [5, 5.41) is 19.1. The van der Waals surface area contributed by atoms with E-state index >= 15 is 0 Å². The molecule has 2 atom stereocenters. The number of esters is 1. The number of rotatable bonds is 3. The normalized spacial score (nSPS) is 28.7. The number of ether oxygens (including phenoxy) is 2. The molecule has 0 amide bonds. The molecule has 0 spiro atoms. The third-order valence-electron chi connectivity index (χ3n) is 2.59. The topological polar surface area (TPSA) is 79.3 Å². The van der Waals surface area contributed by atoms with Crippen LogP contribution in [0.5, 0.6) is 0 Å². The van der Waals surface area contributed by atoms with Crippen LogP contribution in [0.1, 0.15) is 13.3 Å². The second-order valence-corrected chi connectivity index (χ2v) is 4.09. The Bertz CT molecular complexity index is 365. The second kappa shape index (κ2) is 4.17. The molecule has 0 aromatic heterocycles. The third kappa shape index (κ3) is 2.36. The number of allylic oxidation sites excluding steroid dienone is 2. The zero-order chi connectivity index (χ0) is 11.7. The number of hydrogen-bond acceptors (Lipinski definition) is 5. The van der Waals surface area contributed by atoms with Gasteiger partial charge in [-0.3, -0.25) is 0 Å². The van der Waals surface area contributed by atoms with E-state index in [2.05, 4.69) is 0 Å². The monoisotopic (exact) mass is 226 g/mol. The smallest absolute Gasteiger partial charge is 0.341 e. The zero-order valence-corrected chi connectivity index (χ0v) is 8.97. The van der Waals surface area contributed by atoms with Crippen molar-refractivity contribution in [1.82, 2.24) is 0 Å². The molecule has 0 aromatic carbocycles. The lowest BCUT2D eigenvalue weighted by Crippen LogP contribution is -2.18. The molecular formula is C11H14O5. The van der Waals surface area contributed by atoms with Gasteiger partial charge in [0, 0.05) is 12.3 Å². The summed E-state index contributed by atoms with van der Waals surface area (Å²) in [5.41, 5.74) is 0.0388. The largest absolute Gasteiger partial charge is 0.512 e. The first-order valence-electron chi connectivity index (χ1n) is 5.19. The molecule has 1 aliphatic heterocycles. The van der Waals surface area contributed by atoms with E-state index in [0.717, 1.165) is 0 Å². The van der Waals surface area contributed by atoms with Crippen molar-refractivity contribution in [3.63, 3.8) is 0 Å². The van der Waals surface area contributed by atoms with E-state index in [1.165, 1.54) is 6.08 Å². The van der Waals surface area contributed by atoms with Crippen molar-refractivity contribution >= 4 is 5.97 Å². The fourth-order valence-electron chi connectivity index (χ4n) is 1.55.